The number of sulfonamides is 2. The molecule has 0 aliphatic carbocycles. The van der Waals surface area contributed by atoms with E-state index < -0.39 is 50.1 Å². The van der Waals surface area contributed by atoms with Gasteiger partial charge < -0.3 is 0 Å². The van der Waals surface area contributed by atoms with Crippen molar-refractivity contribution in [3.8, 4) is 0 Å². The topological polar surface area (TPSA) is 71.5 Å². The second-order valence-corrected chi connectivity index (χ2v) is 12.9. The quantitative estimate of drug-likeness (QED) is 0.475. The lowest BCUT2D eigenvalue weighted by Gasteiger charge is -2.40. The monoisotopic (exact) mass is 413 g/mol. The standard InChI is InChI=1S/C9H17F6NO4S3/c1-4-5-6-7-21(2,3)16(22(17,18)8(10,11)12)23(19,20)9(13,14)15/h4-7H2,1-3H3. The molecule has 0 aromatic heterocycles. The molecule has 142 valence electrons. The molecule has 0 N–H and O–H groups in total. The highest BCUT2D eigenvalue weighted by atomic mass is 32.4. The van der Waals surface area contributed by atoms with Crippen molar-refractivity contribution in [3.63, 3.8) is 0 Å². The van der Waals surface area contributed by atoms with Crippen LogP contribution in [0.25, 0.3) is 0 Å². The maximum atomic E-state index is 12.7. The van der Waals surface area contributed by atoms with Gasteiger partial charge in [0.15, 0.2) is 0 Å². The van der Waals surface area contributed by atoms with E-state index >= 15 is 0 Å². The first kappa shape index (κ1) is 22.8. The molecule has 0 aromatic carbocycles. The minimum absolute atomic E-state index is 0.0933. The zero-order valence-electron chi connectivity index (χ0n) is 12.4. The third kappa shape index (κ3) is 4.89. The normalized spacial score (nSPS) is 15.9. The highest BCUT2D eigenvalue weighted by Gasteiger charge is 2.64. The summed E-state index contributed by atoms with van der Waals surface area (Å²) >= 11 is 0. The van der Waals surface area contributed by atoms with Gasteiger partial charge in [0, 0.05) is 0 Å². The number of nitrogens with zero attached hydrogens (tertiary/aromatic N) is 1. The number of rotatable bonds is 7. The van der Waals surface area contributed by atoms with Crippen molar-refractivity contribution in [1.29, 1.82) is 0 Å². The molecule has 0 saturated carbocycles. The summed E-state index contributed by atoms with van der Waals surface area (Å²) in [6, 6.07) is 0. The molecule has 23 heavy (non-hydrogen) atoms. The number of unbranched alkanes of at least 4 members (excludes halogenated alkanes) is 2. The van der Waals surface area contributed by atoms with Gasteiger partial charge in [-0.2, -0.15) is 36.6 Å². The molecule has 0 rings (SSSR count). The van der Waals surface area contributed by atoms with Crippen molar-refractivity contribution in [2.45, 2.75) is 37.2 Å². The third-order valence-electron chi connectivity index (χ3n) is 2.63. The van der Waals surface area contributed by atoms with Crippen molar-refractivity contribution < 1.29 is 43.2 Å². The zero-order chi connectivity index (χ0) is 18.9. The Morgan fingerprint density at radius 1 is 0.783 bits per heavy atom. The molecule has 0 fully saturated rings. The Balaban J connectivity index is 6.28. The van der Waals surface area contributed by atoms with Crippen molar-refractivity contribution in [3.05, 3.63) is 0 Å². The fraction of sp³-hybridized carbons (Fsp3) is 1.00. The zero-order valence-corrected chi connectivity index (χ0v) is 14.9. The highest BCUT2D eigenvalue weighted by molar-refractivity contribution is 8.40. The number of alkyl halides is 6. The lowest BCUT2D eigenvalue weighted by molar-refractivity contribution is -0.0505. The van der Waals surface area contributed by atoms with Crippen molar-refractivity contribution in [2.24, 2.45) is 0 Å². The third-order valence-corrected chi connectivity index (χ3v) is 11.5. The van der Waals surface area contributed by atoms with Gasteiger partial charge in [0.25, 0.3) is 0 Å². The van der Waals surface area contributed by atoms with E-state index in [1.54, 1.807) is 6.92 Å². The molecular weight excluding hydrogens is 396 g/mol. The second-order valence-electron chi connectivity index (χ2n) is 4.96. The second kappa shape index (κ2) is 6.96. The number of halogens is 6. The van der Waals surface area contributed by atoms with Crippen LogP contribution in [0, 0.1) is 0 Å². The fourth-order valence-corrected chi connectivity index (χ4v) is 9.75. The van der Waals surface area contributed by atoms with Gasteiger partial charge in [0.1, 0.15) is 0 Å². The summed E-state index contributed by atoms with van der Waals surface area (Å²) in [5.41, 5.74) is -12.3. The Kier molecular flexibility index (Phi) is 6.89. The Hall–Kier alpha value is -0.210. The van der Waals surface area contributed by atoms with Crippen LogP contribution >= 0.6 is 10.2 Å². The molecule has 0 bridgehead atoms. The van der Waals surface area contributed by atoms with Crippen LogP contribution in [0.1, 0.15) is 26.2 Å². The van der Waals surface area contributed by atoms with Gasteiger partial charge in [0.05, 0.1) is 0 Å². The Labute approximate surface area is 132 Å². The summed E-state index contributed by atoms with van der Waals surface area (Å²) in [4.78, 5) is 0. The van der Waals surface area contributed by atoms with Crippen LogP contribution in [-0.4, -0.2) is 49.2 Å². The van der Waals surface area contributed by atoms with E-state index in [-0.39, 0.29) is 6.42 Å². The lowest BCUT2D eigenvalue weighted by Crippen LogP contribution is -2.50. The molecule has 0 heterocycles. The Bertz CT molecular complexity index is 564. The Morgan fingerprint density at radius 2 is 1.13 bits per heavy atom. The molecule has 0 saturated heterocycles. The van der Waals surface area contributed by atoms with E-state index in [9.17, 15) is 43.2 Å². The Morgan fingerprint density at radius 3 is 1.39 bits per heavy atom. The van der Waals surface area contributed by atoms with Crippen LogP contribution in [0.2, 0.25) is 0 Å². The molecule has 0 aliphatic heterocycles. The van der Waals surface area contributed by atoms with Gasteiger partial charge in [0.2, 0.25) is 0 Å². The molecule has 0 radical (unpaired) electrons. The van der Waals surface area contributed by atoms with E-state index in [1.165, 1.54) is 0 Å². The van der Waals surface area contributed by atoms with Crippen molar-refractivity contribution >= 4 is 30.3 Å². The van der Waals surface area contributed by atoms with Crippen LogP contribution < -0.4 is 0 Å². The van der Waals surface area contributed by atoms with Gasteiger partial charge >= 0.3 is 31.1 Å². The summed E-state index contributed by atoms with van der Waals surface area (Å²) < 4.78 is 121. The largest absolute Gasteiger partial charge is 0.513 e. The number of hydrogen-bond donors (Lipinski definition) is 0. The maximum absolute atomic E-state index is 12.7. The van der Waals surface area contributed by atoms with Crippen molar-refractivity contribution in [1.82, 2.24) is 3.12 Å². The summed E-state index contributed by atoms with van der Waals surface area (Å²) in [7, 11) is -16.9. The molecular formula is C9H17F6NO4S3. The van der Waals surface area contributed by atoms with Crippen LogP contribution in [0.3, 0.4) is 0 Å². The minimum atomic E-state index is -6.71. The van der Waals surface area contributed by atoms with E-state index in [0.717, 1.165) is 12.5 Å². The predicted octanol–water partition coefficient (Wildman–Crippen LogP) is 3.16. The van der Waals surface area contributed by atoms with Gasteiger partial charge in [-0.15, -0.1) is 0 Å². The van der Waals surface area contributed by atoms with Crippen LogP contribution in [0.15, 0.2) is 0 Å². The fourth-order valence-electron chi connectivity index (χ4n) is 1.61. The average molecular weight is 413 g/mol. The molecule has 0 aromatic rings. The molecule has 0 spiro atoms. The SMILES string of the molecule is CCCCCS(C)(C)N(S(=O)(=O)C(F)(F)F)S(=O)(=O)C(F)(F)F. The van der Waals surface area contributed by atoms with Gasteiger partial charge in [-0.3, -0.25) is 0 Å². The summed E-state index contributed by atoms with van der Waals surface area (Å²) in [5.74, 6) is -0.411. The highest BCUT2D eigenvalue weighted by Crippen LogP contribution is 2.54. The van der Waals surface area contributed by atoms with E-state index in [0.29, 0.717) is 12.8 Å². The molecule has 5 nitrogen and oxygen atoms in total. The van der Waals surface area contributed by atoms with Gasteiger partial charge in [-0.1, -0.05) is 19.8 Å². The predicted molar refractivity (Wildman–Crippen MR) is 75.6 cm³/mol. The molecule has 0 unspecified atom stereocenters. The summed E-state index contributed by atoms with van der Waals surface area (Å²) in [6.45, 7) is 1.71. The molecule has 0 atom stereocenters. The minimum Gasteiger partial charge on any atom is -0.201 e. The van der Waals surface area contributed by atoms with Crippen LogP contribution in [0.4, 0.5) is 26.3 Å². The van der Waals surface area contributed by atoms with Gasteiger partial charge in [-0.25, -0.2) is 16.8 Å². The first-order valence-electron chi connectivity index (χ1n) is 6.07. The van der Waals surface area contributed by atoms with E-state index in [2.05, 4.69) is 0 Å². The van der Waals surface area contributed by atoms with Gasteiger partial charge in [-0.05, 0) is 27.8 Å². The average Bonchev–Trinajstić information content (AvgIpc) is 2.24. The molecule has 0 amide bonds. The summed E-state index contributed by atoms with van der Waals surface area (Å²) in [6.07, 6.45) is 2.64. The molecule has 14 heteroatoms. The van der Waals surface area contributed by atoms with E-state index in [4.69, 9.17) is 0 Å². The summed E-state index contributed by atoms with van der Waals surface area (Å²) in [5, 5.41) is 0. The lowest BCUT2D eigenvalue weighted by atomic mass is 10.3. The molecule has 0 aliphatic rings. The van der Waals surface area contributed by atoms with Crippen LogP contribution in [-0.2, 0) is 20.0 Å². The van der Waals surface area contributed by atoms with E-state index in [1.807, 2.05) is 0 Å². The smallest absolute Gasteiger partial charge is 0.201 e. The van der Waals surface area contributed by atoms with Crippen LogP contribution in [0.5, 0.6) is 0 Å². The maximum Gasteiger partial charge on any atom is 0.513 e. The van der Waals surface area contributed by atoms with Crippen molar-refractivity contribution in [2.75, 3.05) is 18.3 Å². The number of hydrogen-bond acceptors (Lipinski definition) is 4. The first-order chi connectivity index (χ1) is 9.93. The first-order valence-corrected chi connectivity index (χ1v) is 11.5.